The smallest absolute Gasteiger partial charge is 0.0604 e. The van der Waals surface area contributed by atoms with Gasteiger partial charge < -0.3 is 5.32 Å². The SMILES string of the molecule is CCNC(c1sccc1C)C(CC)(CC)N1CCCC1. The molecular weight excluding hydrogens is 264 g/mol. The van der Waals surface area contributed by atoms with Gasteiger partial charge in [-0.2, -0.15) is 0 Å². The Hall–Kier alpha value is -0.380. The van der Waals surface area contributed by atoms with Crippen molar-refractivity contribution in [2.75, 3.05) is 19.6 Å². The van der Waals surface area contributed by atoms with E-state index in [4.69, 9.17) is 0 Å². The molecule has 1 aliphatic rings. The molecule has 1 aliphatic heterocycles. The van der Waals surface area contributed by atoms with Gasteiger partial charge in [-0.05, 0) is 69.3 Å². The highest BCUT2D eigenvalue weighted by Crippen LogP contribution is 2.42. The predicted molar refractivity (Wildman–Crippen MR) is 89.6 cm³/mol. The van der Waals surface area contributed by atoms with Crippen molar-refractivity contribution in [1.82, 2.24) is 10.2 Å². The lowest BCUT2D eigenvalue weighted by molar-refractivity contribution is 0.0634. The number of hydrogen-bond acceptors (Lipinski definition) is 3. The number of nitrogens with zero attached hydrogens (tertiary/aromatic N) is 1. The van der Waals surface area contributed by atoms with Crippen molar-refractivity contribution in [2.24, 2.45) is 0 Å². The Balaban J connectivity index is 2.39. The van der Waals surface area contributed by atoms with Crippen molar-refractivity contribution < 1.29 is 0 Å². The summed E-state index contributed by atoms with van der Waals surface area (Å²) in [6.45, 7) is 12.8. The van der Waals surface area contributed by atoms with Gasteiger partial charge in [0, 0.05) is 10.4 Å². The van der Waals surface area contributed by atoms with E-state index in [1.165, 1.54) is 44.3 Å². The quantitative estimate of drug-likeness (QED) is 0.803. The van der Waals surface area contributed by atoms with Crippen LogP contribution < -0.4 is 5.32 Å². The monoisotopic (exact) mass is 294 g/mol. The summed E-state index contributed by atoms with van der Waals surface area (Å²) in [5.41, 5.74) is 1.73. The Labute approximate surface area is 128 Å². The third-order valence-electron chi connectivity index (χ3n) is 5.07. The standard InChI is InChI=1S/C17H30N2S/c1-5-17(6-2,19-11-8-9-12-19)16(18-7-3)15-14(4)10-13-20-15/h10,13,16,18H,5-9,11-12H2,1-4H3. The lowest BCUT2D eigenvalue weighted by Gasteiger charge is -2.47. The minimum Gasteiger partial charge on any atom is -0.308 e. The molecule has 114 valence electrons. The molecule has 0 aliphatic carbocycles. The fourth-order valence-electron chi connectivity index (χ4n) is 3.86. The van der Waals surface area contributed by atoms with Gasteiger partial charge in [0.15, 0.2) is 0 Å². The van der Waals surface area contributed by atoms with Crippen molar-refractivity contribution in [3.05, 3.63) is 21.9 Å². The summed E-state index contributed by atoms with van der Waals surface area (Å²) in [5.74, 6) is 0. The second kappa shape index (κ2) is 7.06. The summed E-state index contributed by atoms with van der Waals surface area (Å²) in [6.07, 6.45) is 5.17. The topological polar surface area (TPSA) is 15.3 Å². The predicted octanol–water partition coefficient (Wildman–Crippen LogP) is 4.36. The molecule has 1 unspecified atom stereocenters. The number of thiophene rings is 1. The van der Waals surface area contributed by atoms with Gasteiger partial charge in [0.1, 0.15) is 0 Å². The van der Waals surface area contributed by atoms with Gasteiger partial charge in [-0.3, -0.25) is 4.90 Å². The van der Waals surface area contributed by atoms with Crippen LogP contribution in [0.4, 0.5) is 0 Å². The normalized spacial score (nSPS) is 18.6. The van der Waals surface area contributed by atoms with E-state index >= 15 is 0 Å². The molecule has 0 radical (unpaired) electrons. The summed E-state index contributed by atoms with van der Waals surface area (Å²) in [4.78, 5) is 4.31. The van der Waals surface area contributed by atoms with Crippen molar-refractivity contribution in [2.45, 2.75) is 65.0 Å². The lowest BCUT2D eigenvalue weighted by Crippen LogP contribution is -2.55. The first kappa shape index (κ1) is 16.0. The van der Waals surface area contributed by atoms with Gasteiger partial charge in [0.2, 0.25) is 0 Å². The summed E-state index contributed by atoms with van der Waals surface area (Å²) in [5, 5.41) is 6.06. The Morgan fingerprint density at radius 1 is 1.25 bits per heavy atom. The van der Waals surface area contributed by atoms with Gasteiger partial charge in [-0.25, -0.2) is 0 Å². The molecule has 0 bridgehead atoms. The van der Waals surface area contributed by atoms with Crippen molar-refractivity contribution in [3.63, 3.8) is 0 Å². The van der Waals surface area contributed by atoms with E-state index in [9.17, 15) is 0 Å². The van der Waals surface area contributed by atoms with E-state index in [2.05, 4.69) is 49.4 Å². The number of nitrogens with one attached hydrogen (secondary N) is 1. The molecule has 1 fully saturated rings. The minimum atomic E-state index is 0.280. The van der Waals surface area contributed by atoms with Crippen LogP contribution >= 0.6 is 11.3 Å². The van der Waals surface area contributed by atoms with Crippen LogP contribution in [-0.2, 0) is 0 Å². The average molecular weight is 295 g/mol. The molecule has 1 saturated heterocycles. The van der Waals surface area contributed by atoms with Crippen LogP contribution in [0.1, 0.15) is 62.9 Å². The molecule has 1 aromatic heterocycles. The number of likely N-dealkylation sites (tertiary alicyclic amines) is 1. The second-order valence-corrected chi connectivity index (χ2v) is 6.91. The zero-order valence-corrected chi connectivity index (χ0v) is 14.4. The molecule has 1 aromatic rings. The maximum Gasteiger partial charge on any atom is 0.0604 e. The summed E-state index contributed by atoms with van der Waals surface area (Å²) in [6, 6.07) is 2.74. The highest BCUT2D eigenvalue weighted by atomic mass is 32.1. The van der Waals surface area contributed by atoms with E-state index in [1.54, 1.807) is 4.88 Å². The number of hydrogen-bond donors (Lipinski definition) is 1. The van der Waals surface area contributed by atoms with Crippen LogP contribution in [0.5, 0.6) is 0 Å². The maximum atomic E-state index is 3.81. The van der Waals surface area contributed by atoms with E-state index in [0.717, 1.165) is 6.54 Å². The molecule has 2 rings (SSSR count). The Morgan fingerprint density at radius 3 is 2.35 bits per heavy atom. The first-order valence-electron chi connectivity index (χ1n) is 8.22. The zero-order chi connectivity index (χ0) is 14.6. The van der Waals surface area contributed by atoms with Crippen LogP contribution in [0.2, 0.25) is 0 Å². The van der Waals surface area contributed by atoms with Crippen molar-refractivity contribution in [3.8, 4) is 0 Å². The van der Waals surface area contributed by atoms with Crippen molar-refractivity contribution in [1.29, 1.82) is 0 Å². The van der Waals surface area contributed by atoms with E-state index < -0.39 is 0 Å². The third kappa shape index (κ3) is 2.81. The summed E-state index contributed by atoms with van der Waals surface area (Å²) >= 11 is 1.92. The first-order valence-corrected chi connectivity index (χ1v) is 9.10. The molecule has 0 spiro atoms. The fraction of sp³-hybridized carbons (Fsp3) is 0.765. The fourth-order valence-corrected chi connectivity index (χ4v) is 4.97. The summed E-state index contributed by atoms with van der Waals surface area (Å²) < 4.78 is 0. The van der Waals surface area contributed by atoms with E-state index in [0.29, 0.717) is 6.04 Å². The van der Waals surface area contributed by atoms with Gasteiger partial charge >= 0.3 is 0 Å². The molecule has 0 saturated carbocycles. The molecule has 0 aromatic carbocycles. The molecule has 2 heterocycles. The van der Waals surface area contributed by atoms with Crippen LogP contribution in [-0.4, -0.2) is 30.1 Å². The highest BCUT2D eigenvalue weighted by molar-refractivity contribution is 7.10. The molecule has 0 amide bonds. The number of aryl methyl sites for hydroxylation is 1. The van der Waals surface area contributed by atoms with Gasteiger partial charge in [-0.1, -0.05) is 20.8 Å². The minimum absolute atomic E-state index is 0.280. The van der Waals surface area contributed by atoms with Crippen LogP contribution in [0, 0.1) is 6.92 Å². The summed E-state index contributed by atoms with van der Waals surface area (Å²) in [7, 11) is 0. The molecular formula is C17H30N2S. The Morgan fingerprint density at radius 2 is 1.90 bits per heavy atom. The van der Waals surface area contributed by atoms with E-state index in [1.807, 2.05) is 11.3 Å². The molecule has 2 nitrogen and oxygen atoms in total. The molecule has 20 heavy (non-hydrogen) atoms. The number of rotatable bonds is 7. The largest absolute Gasteiger partial charge is 0.308 e. The highest BCUT2D eigenvalue weighted by Gasteiger charge is 2.43. The third-order valence-corrected chi connectivity index (χ3v) is 6.15. The molecule has 1 atom stereocenters. The molecule has 3 heteroatoms. The van der Waals surface area contributed by atoms with Crippen LogP contribution in [0.25, 0.3) is 0 Å². The van der Waals surface area contributed by atoms with Crippen LogP contribution in [0.15, 0.2) is 11.4 Å². The molecule has 1 N–H and O–H groups in total. The number of likely N-dealkylation sites (N-methyl/N-ethyl adjacent to an activating group) is 1. The second-order valence-electron chi connectivity index (χ2n) is 5.96. The van der Waals surface area contributed by atoms with Gasteiger partial charge in [-0.15, -0.1) is 11.3 Å². The van der Waals surface area contributed by atoms with Crippen LogP contribution in [0.3, 0.4) is 0 Å². The van der Waals surface area contributed by atoms with E-state index in [-0.39, 0.29) is 5.54 Å². The average Bonchev–Trinajstić information content (AvgIpc) is 3.11. The maximum absolute atomic E-state index is 3.81. The Bertz CT molecular complexity index is 403. The Kier molecular flexibility index (Phi) is 5.65. The van der Waals surface area contributed by atoms with Crippen molar-refractivity contribution >= 4 is 11.3 Å². The van der Waals surface area contributed by atoms with Gasteiger partial charge in [0.05, 0.1) is 6.04 Å². The van der Waals surface area contributed by atoms with Gasteiger partial charge in [0.25, 0.3) is 0 Å². The zero-order valence-electron chi connectivity index (χ0n) is 13.5. The lowest BCUT2D eigenvalue weighted by atomic mass is 9.81. The first-order chi connectivity index (χ1) is 9.69.